The van der Waals surface area contributed by atoms with Crippen LogP contribution in [0.25, 0.3) is 44.2 Å². The lowest BCUT2D eigenvalue weighted by Gasteiger charge is -2.36. The Bertz CT molecular complexity index is 2990. The molecule has 2 bridgehead atoms. The summed E-state index contributed by atoms with van der Waals surface area (Å²) in [5.74, 6) is 2.13. The number of imidazole rings is 2. The quantitative estimate of drug-likeness (QED) is 0.105. The van der Waals surface area contributed by atoms with E-state index in [0.29, 0.717) is 23.0 Å². The van der Waals surface area contributed by atoms with E-state index in [-0.39, 0.29) is 41.9 Å². The second kappa shape index (κ2) is 16.5. The molecule has 2 saturated carbocycles. The van der Waals surface area contributed by atoms with Crippen molar-refractivity contribution in [3.8, 4) is 22.4 Å². The predicted octanol–water partition coefficient (Wildman–Crippen LogP) is 8.93. The fourth-order valence-electron chi connectivity index (χ4n) is 11.3. The van der Waals surface area contributed by atoms with Crippen molar-refractivity contribution in [1.82, 2.24) is 40.4 Å². The summed E-state index contributed by atoms with van der Waals surface area (Å²) in [4.78, 5) is 74.7. The van der Waals surface area contributed by atoms with Crippen LogP contribution in [0, 0.1) is 17.8 Å². The molecule has 4 N–H and O–H groups in total. The Kier molecular flexibility index (Phi) is 10.3. The maximum Gasteiger partial charge on any atom is 0.407 e. The third kappa shape index (κ3) is 7.11. The summed E-state index contributed by atoms with van der Waals surface area (Å²) in [7, 11) is 2.60. The second-order valence-corrected chi connectivity index (χ2v) is 18.2. The van der Waals surface area contributed by atoms with Gasteiger partial charge in [0, 0.05) is 17.5 Å². The van der Waals surface area contributed by atoms with Gasteiger partial charge in [0.1, 0.15) is 23.7 Å². The first-order valence-electron chi connectivity index (χ1n) is 22.7. The number of methoxy groups -OCH3 is 2. The molecule has 7 aromatic rings. The fraction of sp³-hybridized carbons (Fsp3) is 0.308. The van der Waals surface area contributed by atoms with E-state index >= 15 is 0 Å². The number of hydrogen-bond acceptors (Lipinski definition) is 8. The van der Waals surface area contributed by atoms with Gasteiger partial charge in [-0.05, 0) is 88.8 Å². The third-order valence-electron chi connectivity index (χ3n) is 14.6. The second-order valence-electron chi connectivity index (χ2n) is 18.2. The minimum absolute atomic E-state index is 0.0681. The zero-order valence-corrected chi connectivity index (χ0v) is 36.8. The smallest absolute Gasteiger partial charge is 0.407 e. The number of nitrogens with zero attached hydrogens (tertiary/aromatic N) is 4. The molecule has 334 valence electrons. The number of amides is 4. The lowest BCUT2D eigenvalue weighted by molar-refractivity contribution is -0.138. The summed E-state index contributed by atoms with van der Waals surface area (Å²) >= 11 is 0. The molecule has 2 saturated heterocycles. The average Bonchev–Trinajstić information content (AvgIpc) is 4.09. The van der Waals surface area contributed by atoms with E-state index in [1.807, 2.05) is 82.7 Å². The topological polar surface area (TPSA) is 175 Å². The van der Waals surface area contributed by atoms with Gasteiger partial charge in [0.05, 0.1) is 49.2 Å². The molecule has 66 heavy (non-hydrogen) atoms. The molecule has 2 aromatic heterocycles. The molecule has 14 nitrogen and oxygen atoms in total. The summed E-state index contributed by atoms with van der Waals surface area (Å²) < 4.78 is 9.83. The van der Waals surface area contributed by atoms with Crippen LogP contribution in [0.15, 0.2) is 121 Å². The number of likely N-dealkylation sites (tertiary alicyclic amines) is 2. The van der Waals surface area contributed by atoms with E-state index in [1.165, 1.54) is 14.2 Å². The number of aromatic nitrogens is 4. The molecule has 9 atom stereocenters. The van der Waals surface area contributed by atoms with Crippen LogP contribution < -0.4 is 10.6 Å². The molecule has 11 rings (SSSR count). The molecule has 5 aromatic carbocycles. The maximum absolute atomic E-state index is 14.5. The third-order valence-corrected chi connectivity index (χ3v) is 14.6. The molecular weight excluding hydrogens is 833 g/mol. The summed E-state index contributed by atoms with van der Waals surface area (Å²) in [6, 6.07) is 35.4. The zero-order chi connectivity index (χ0) is 45.2. The van der Waals surface area contributed by atoms with Crippen molar-refractivity contribution in [2.45, 2.75) is 68.9 Å². The number of carbonyl (C=O) groups excluding carboxylic acids is 4. The van der Waals surface area contributed by atoms with Crippen LogP contribution in [0.1, 0.15) is 79.6 Å². The lowest BCUT2D eigenvalue weighted by Crippen LogP contribution is -2.47. The van der Waals surface area contributed by atoms with Crippen molar-refractivity contribution in [2.24, 2.45) is 17.8 Å². The van der Waals surface area contributed by atoms with Gasteiger partial charge in [0.15, 0.2) is 0 Å². The van der Waals surface area contributed by atoms with Gasteiger partial charge in [-0.3, -0.25) is 9.59 Å². The first-order valence-corrected chi connectivity index (χ1v) is 22.7. The molecule has 14 heteroatoms. The molecule has 0 radical (unpaired) electrons. The number of piperidine rings is 2. The van der Waals surface area contributed by atoms with Gasteiger partial charge in [0.2, 0.25) is 0 Å². The summed E-state index contributed by atoms with van der Waals surface area (Å²) in [6.45, 7) is 2.18. The highest BCUT2D eigenvalue weighted by Gasteiger charge is 2.61. The van der Waals surface area contributed by atoms with Crippen molar-refractivity contribution >= 4 is 45.8 Å². The van der Waals surface area contributed by atoms with Gasteiger partial charge < -0.3 is 39.9 Å². The first kappa shape index (κ1) is 41.2. The van der Waals surface area contributed by atoms with E-state index in [1.54, 1.807) is 0 Å². The SMILES string of the molecule is COC(=O)N[C@@H](C(=O)N1C2C(C[C@H]1c1nc3ccc4cc(-c5ccc(-c6cnc([C@@H]7[C@H]8CC[C@H](C8)N7C(=O)[C@H](NC(=O)OC)c7ccccc7)[nH]6)cc5)ccc4c3[nH]1)[C@H]2C)c1ccccc1. The van der Waals surface area contributed by atoms with Crippen LogP contribution in [0.3, 0.4) is 0 Å². The number of hydrogen-bond donors (Lipinski definition) is 4. The minimum Gasteiger partial charge on any atom is -0.453 e. The largest absolute Gasteiger partial charge is 0.453 e. The normalized spacial score (nSPS) is 23.7. The van der Waals surface area contributed by atoms with Crippen LogP contribution in [0.5, 0.6) is 0 Å². The Morgan fingerprint density at radius 3 is 2.00 bits per heavy atom. The van der Waals surface area contributed by atoms with Crippen molar-refractivity contribution in [3.63, 3.8) is 0 Å². The van der Waals surface area contributed by atoms with Gasteiger partial charge >= 0.3 is 12.2 Å². The molecule has 2 aliphatic carbocycles. The highest BCUT2D eigenvalue weighted by Crippen LogP contribution is 2.58. The van der Waals surface area contributed by atoms with E-state index in [2.05, 4.69) is 76.1 Å². The number of fused-ring (bicyclic) bond motifs is 6. The van der Waals surface area contributed by atoms with Crippen LogP contribution in [0.4, 0.5) is 9.59 Å². The molecule has 4 heterocycles. The predicted molar refractivity (Wildman–Crippen MR) is 247 cm³/mol. The van der Waals surface area contributed by atoms with E-state index in [4.69, 9.17) is 19.4 Å². The lowest BCUT2D eigenvalue weighted by atomic mass is 9.96. The van der Waals surface area contributed by atoms with Crippen molar-refractivity contribution in [3.05, 3.63) is 144 Å². The Balaban J connectivity index is 0.828. The molecular formula is C52H50N8O6. The van der Waals surface area contributed by atoms with Crippen molar-refractivity contribution in [1.29, 1.82) is 0 Å². The first-order chi connectivity index (χ1) is 32.2. The van der Waals surface area contributed by atoms with E-state index in [9.17, 15) is 19.2 Å². The Labute approximate surface area is 381 Å². The monoisotopic (exact) mass is 882 g/mol. The van der Waals surface area contributed by atoms with Gasteiger partial charge in [0.25, 0.3) is 11.8 Å². The zero-order valence-electron chi connectivity index (χ0n) is 36.8. The van der Waals surface area contributed by atoms with Crippen LogP contribution in [-0.2, 0) is 19.1 Å². The molecule has 2 aliphatic heterocycles. The number of ether oxygens (including phenoxy) is 2. The number of alkyl carbamates (subject to hydrolysis) is 2. The van der Waals surface area contributed by atoms with Crippen LogP contribution >= 0.6 is 0 Å². The number of carbonyl (C=O) groups is 4. The van der Waals surface area contributed by atoms with Crippen LogP contribution in [0.2, 0.25) is 0 Å². The average molecular weight is 883 g/mol. The van der Waals surface area contributed by atoms with E-state index < -0.39 is 24.3 Å². The molecule has 4 amide bonds. The fourth-order valence-corrected chi connectivity index (χ4v) is 11.3. The minimum atomic E-state index is -0.893. The summed E-state index contributed by atoms with van der Waals surface area (Å²) in [5, 5.41) is 7.66. The molecule has 2 unspecified atom stereocenters. The van der Waals surface area contributed by atoms with Gasteiger partial charge in [-0.1, -0.05) is 110 Å². The number of H-pyrrole nitrogens is 2. The molecule has 4 fully saturated rings. The summed E-state index contributed by atoms with van der Waals surface area (Å²) in [6.07, 6.45) is 4.13. The van der Waals surface area contributed by atoms with Crippen molar-refractivity contribution in [2.75, 3.05) is 14.2 Å². The Morgan fingerprint density at radius 1 is 0.697 bits per heavy atom. The van der Waals surface area contributed by atoms with Gasteiger partial charge in [-0.2, -0.15) is 0 Å². The standard InChI is InChI=1S/C52H50N8O6/c1-28-38-26-41(60(45(28)38)50(62)43(58-52(64)66-3)32-12-8-5-9-13-32)47-54-39-23-20-34-24-33(19-22-37(34)44(39)56-47)29-14-16-30(17-15-29)40-27-53-48(55-40)46-35-18-21-36(25-35)59(46)49(61)42(57-51(63)65-2)31-10-6-4-7-11-31/h4-17,19-20,22-24,27-28,35-36,38,41-43,45-46H,18,21,25-26H2,1-3H3,(H,53,55)(H,54,56)(H,57,63)(H,58,64)/t28-,35+,36-,38?,41+,42-,43-,45?,46+/m1/s1. The number of rotatable bonds is 10. The van der Waals surface area contributed by atoms with Gasteiger partial charge in [-0.15, -0.1) is 0 Å². The van der Waals surface area contributed by atoms with Gasteiger partial charge in [-0.25, -0.2) is 19.6 Å². The van der Waals surface area contributed by atoms with E-state index in [0.717, 1.165) is 81.5 Å². The Morgan fingerprint density at radius 2 is 1.33 bits per heavy atom. The number of aromatic amines is 2. The number of nitrogens with one attached hydrogen (secondary N) is 4. The molecule has 4 aliphatic rings. The highest BCUT2D eigenvalue weighted by molar-refractivity contribution is 6.05. The summed E-state index contributed by atoms with van der Waals surface area (Å²) in [5.41, 5.74) is 7.09. The maximum atomic E-state index is 14.5. The number of benzene rings is 5. The Hall–Kier alpha value is -7.48. The van der Waals surface area contributed by atoms with Crippen molar-refractivity contribution < 1.29 is 28.7 Å². The highest BCUT2D eigenvalue weighted by atomic mass is 16.5. The van der Waals surface area contributed by atoms with Crippen LogP contribution in [-0.4, -0.2) is 80.0 Å². The molecule has 0 spiro atoms.